The number of aryl methyl sites for hydroxylation is 1. The number of hydrogen-bond donors (Lipinski definition) is 1. The maximum Gasteiger partial charge on any atom is 0.226 e. The number of ether oxygens (including phenoxy) is 1. The summed E-state index contributed by atoms with van der Waals surface area (Å²) in [6.07, 6.45) is 2.56. The second-order valence-corrected chi connectivity index (χ2v) is 3.05. The summed E-state index contributed by atoms with van der Waals surface area (Å²) in [6.45, 7) is 1.60. The van der Waals surface area contributed by atoms with E-state index >= 15 is 0 Å². The van der Waals surface area contributed by atoms with E-state index in [0.29, 0.717) is 18.9 Å². The van der Waals surface area contributed by atoms with Crippen molar-refractivity contribution >= 4 is 0 Å². The lowest BCUT2D eigenvalue weighted by Gasteiger charge is -1.93. The molecule has 0 radical (unpaired) electrons. The average molecular weight is 199 g/mol. The van der Waals surface area contributed by atoms with Gasteiger partial charge in [0.05, 0.1) is 6.61 Å². The highest BCUT2D eigenvalue weighted by atomic mass is 16.5. The SMILES string of the molecule is CNCCCc1nc(CCOC)no1. The van der Waals surface area contributed by atoms with Gasteiger partial charge in [-0.25, -0.2) is 0 Å². The molecular weight excluding hydrogens is 182 g/mol. The molecule has 1 heterocycles. The topological polar surface area (TPSA) is 60.2 Å². The minimum atomic E-state index is 0.634. The van der Waals surface area contributed by atoms with Crippen LogP contribution in [0.1, 0.15) is 18.1 Å². The third-order valence-corrected chi connectivity index (χ3v) is 1.86. The molecule has 0 fully saturated rings. The van der Waals surface area contributed by atoms with Crippen LogP contribution in [-0.2, 0) is 17.6 Å². The van der Waals surface area contributed by atoms with E-state index in [-0.39, 0.29) is 0 Å². The van der Waals surface area contributed by atoms with Crippen molar-refractivity contribution in [3.8, 4) is 0 Å². The predicted molar refractivity (Wildman–Crippen MR) is 52.1 cm³/mol. The van der Waals surface area contributed by atoms with Crippen LogP contribution in [0, 0.1) is 0 Å². The summed E-state index contributed by atoms with van der Waals surface area (Å²) >= 11 is 0. The number of nitrogens with zero attached hydrogens (tertiary/aromatic N) is 2. The summed E-state index contributed by atoms with van der Waals surface area (Å²) in [4.78, 5) is 4.23. The number of rotatable bonds is 7. The van der Waals surface area contributed by atoms with Gasteiger partial charge in [-0.2, -0.15) is 4.98 Å². The zero-order chi connectivity index (χ0) is 10.2. The maximum atomic E-state index is 5.06. The van der Waals surface area contributed by atoms with E-state index in [1.54, 1.807) is 7.11 Å². The monoisotopic (exact) mass is 199 g/mol. The van der Waals surface area contributed by atoms with Crippen LogP contribution >= 0.6 is 0 Å². The second kappa shape index (κ2) is 6.50. The van der Waals surface area contributed by atoms with Gasteiger partial charge >= 0.3 is 0 Å². The Balaban J connectivity index is 2.27. The van der Waals surface area contributed by atoms with Gasteiger partial charge in [0, 0.05) is 20.0 Å². The summed E-state index contributed by atoms with van der Waals surface area (Å²) in [7, 11) is 3.59. The van der Waals surface area contributed by atoms with Crippen molar-refractivity contribution in [3.63, 3.8) is 0 Å². The molecule has 1 N–H and O–H groups in total. The molecule has 1 rings (SSSR count). The first kappa shape index (κ1) is 11.1. The van der Waals surface area contributed by atoms with E-state index in [9.17, 15) is 0 Å². The molecule has 80 valence electrons. The van der Waals surface area contributed by atoms with Crippen molar-refractivity contribution < 1.29 is 9.26 Å². The standard InChI is InChI=1S/C9H17N3O2/c1-10-6-3-4-9-11-8(12-14-9)5-7-13-2/h10H,3-7H2,1-2H3. The van der Waals surface area contributed by atoms with E-state index in [1.165, 1.54) is 0 Å². The zero-order valence-electron chi connectivity index (χ0n) is 8.75. The highest BCUT2D eigenvalue weighted by Gasteiger charge is 2.04. The molecule has 0 aliphatic rings. The Kier molecular flexibility index (Phi) is 5.17. The molecular formula is C9H17N3O2. The van der Waals surface area contributed by atoms with E-state index in [0.717, 1.165) is 25.2 Å². The van der Waals surface area contributed by atoms with Crippen LogP contribution in [0.3, 0.4) is 0 Å². The molecule has 0 aliphatic heterocycles. The van der Waals surface area contributed by atoms with Crippen molar-refractivity contribution in [1.29, 1.82) is 0 Å². The Bertz CT molecular complexity index is 250. The van der Waals surface area contributed by atoms with E-state index < -0.39 is 0 Å². The molecule has 0 spiro atoms. The maximum absolute atomic E-state index is 5.06. The fraction of sp³-hybridized carbons (Fsp3) is 0.778. The highest BCUT2D eigenvalue weighted by molar-refractivity contribution is 4.86. The molecule has 0 unspecified atom stereocenters. The van der Waals surface area contributed by atoms with Gasteiger partial charge in [0.1, 0.15) is 0 Å². The first-order valence-corrected chi connectivity index (χ1v) is 4.82. The largest absolute Gasteiger partial charge is 0.384 e. The molecule has 0 saturated heterocycles. The minimum absolute atomic E-state index is 0.634. The Morgan fingerprint density at radius 1 is 1.43 bits per heavy atom. The summed E-state index contributed by atoms with van der Waals surface area (Å²) in [5, 5.41) is 6.92. The van der Waals surface area contributed by atoms with Crippen LogP contribution in [-0.4, -0.2) is 37.4 Å². The summed E-state index contributed by atoms with van der Waals surface area (Å²) < 4.78 is 9.99. The minimum Gasteiger partial charge on any atom is -0.384 e. The van der Waals surface area contributed by atoms with Gasteiger partial charge in [0.2, 0.25) is 5.89 Å². The quantitative estimate of drug-likeness (QED) is 0.644. The molecule has 0 atom stereocenters. The van der Waals surface area contributed by atoms with Crippen molar-refractivity contribution in [2.45, 2.75) is 19.3 Å². The van der Waals surface area contributed by atoms with Gasteiger partial charge < -0.3 is 14.6 Å². The number of methoxy groups -OCH3 is 1. The molecule has 0 bridgehead atoms. The number of aromatic nitrogens is 2. The lowest BCUT2D eigenvalue weighted by Crippen LogP contribution is -2.08. The molecule has 1 aromatic heterocycles. The molecule has 0 amide bonds. The summed E-state index contributed by atoms with van der Waals surface area (Å²) in [5.74, 6) is 1.44. The van der Waals surface area contributed by atoms with Crippen LogP contribution in [0.15, 0.2) is 4.52 Å². The molecule has 14 heavy (non-hydrogen) atoms. The normalized spacial score (nSPS) is 10.7. The van der Waals surface area contributed by atoms with Gasteiger partial charge in [-0.15, -0.1) is 0 Å². The first-order valence-electron chi connectivity index (χ1n) is 4.82. The Labute approximate surface area is 83.8 Å². The van der Waals surface area contributed by atoms with Crippen molar-refractivity contribution in [2.24, 2.45) is 0 Å². The smallest absolute Gasteiger partial charge is 0.226 e. The molecule has 0 saturated carbocycles. The Morgan fingerprint density at radius 2 is 2.29 bits per heavy atom. The Hall–Kier alpha value is -0.940. The number of hydrogen-bond acceptors (Lipinski definition) is 5. The van der Waals surface area contributed by atoms with Gasteiger partial charge in [-0.05, 0) is 20.0 Å². The van der Waals surface area contributed by atoms with Crippen LogP contribution < -0.4 is 5.32 Å². The van der Waals surface area contributed by atoms with Gasteiger partial charge in [-0.3, -0.25) is 0 Å². The van der Waals surface area contributed by atoms with E-state index in [1.807, 2.05) is 7.05 Å². The molecule has 0 aliphatic carbocycles. The third-order valence-electron chi connectivity index (χ3n) is 1.86. The van der Waals surface area contributed by atoms with E-state index in [4.69, 9.17) is 9.26 Å². The summed E-state index contributed by atoms with van der Waals surface area (Å²) in [6, 6.07) is 0. The Morgan fingerprint density at radius 3 is 3.00 bits per heavy atom. The zero-order valence-corrected chi connectivity index (χ0v) is 8.75. The fourth-order valence-corrected chi connectivity index (χ4v) is 1.10. The molecule has 1 aromatic rings. The first-order chi connectivity index (χ1) is 6.86. The molecule has 5 nitrogen and oxygen atoms in total. The lowest BCUT2D eigenvalue weighted by molar-refractivity contribution is 0.199. The van der Waals surface area contributed by atoms with Gasteiger partial charge in [0.15, 0.2) is 5.82 Å². The van der Waals surface area contributed by atoms with Crippen molar-refractivity contribution in [2.75, 3.05) is 27.3 Å². The van der Waals surface area contributed by atoms with Gasteiger partial charge in [-0.1, -0.05) is 5.16 Å². The van der Waals surface area contributed by atoms with E-state index in [2.05, 4.69) is 15.5 Å². The summed E-state index contributed by atoms with van der Waals surface area (Å²) in [5.41, 5.74) is 0. The third kappa shape index (κ3) is 3.85. The highest BCUT2D eigenvalue weighted by Crippen LogP contribution is 2.01. The van der Waals surface area contributed by atoms with Crippen LogP contribution in [0.5, 0.6) is 0 Å². The fourth-order valence-electron chi connectivity index (χ4n) is 1.10. The lowest BCUT2D eigenvalue weighted by atomic mass is 10.3. The number of nitrogens with one attached hydrogen (secondary N) is 1. The van der Waals surface area contributed by atoms with Gasteiger partial charge in [0.25, 0.3) is 0 Å². The van der Waals surface area contributed by atoms with Crippen LogP contribution in [0.2, 0.25) is 0 Å². The average Bonchev–Trinajstić information content (AvgIpc) is 2.63. The predicted octanol–water partition coefficient (Wildman–Crippen LogP) is 0.410. The van der Waals surface area contributed by atoms with Crippen LogP contribution in [0.25, 0.3) is 0 Å². The molecule has 5 heteroatoms. The van der Waals surface area contributed by atoms with Crippen molar-refractivity contribution in [1.82, 2.24) is 15.5 Å². The van der Waals surface area contributed by atoms with Crippen molar-refractivity contribution in [3.05, 3.63) is 11.7 Å². The second-order valence-electron chi connectivity index (χ2n) is 3.05. The molecule has 0 aromatic carbocycles. The van der Waals surface area contributed by atoms with Crippen LogP contribution in [0.4, 0.5) is 0 Å².